The Hall–Kier alpha value is 0.480. The second-order valence-electron chi connectivity index (χ2n) is 4.50. The lowest BCUT2D eigenvalue weighted by Gasteiger charge is -2.15. The molecule has 0 saturated carbocycles. The van der Waals surface area contributed by atoms with Gasteiger partial charge < -0.3 is 0 Å². The van der Waals surface area contributed by atoms with E-state index in [9.17, 15) is 0 Å². The molecule has 80 valence electrons. The third-order valence-electron chi connectivity index (χ3n) is 2.49. The van der Waals surface area contributed by atoms with Crippen LogP contribution in [-0.4, -0.2) is 5.33 Å². The zero-order valence-electron chi connectivity index (χ0n) is 9.48. The van der Waals surface area contributed by atoms with Crippen LogP contribution >= 0.6 is 15.9 Å². The molecule has 0 aromatic heterocycles. The molecule has 0 aromatic rings. The van der Waals surface area contributed by atoms with Crippen molar-refractivity contribution in [3.05, 3.63) is 0 Å². The quantitative estimate of drug-likeness (QED) is 0.419. The SMILES string of the molecule is CCCCCCC(CBr)CC(C)C. The van der Waals surface area contributed by atoms with Gasteiger partial charge in [-0.3, -0.25) is 0 Å². The Morgan fingerprint density at radius 2 is 1.77 bits per heavy atom. The lowest BCUT2D eigenvalue weighted by molar-refractivity contribution is 0.406. The van der Waals surface area contributed by atoms with Gasteiger partial charge in [0.15, 0.2) is 0 Å². The maximum Gasteiger partial charge on any atom is 0.00597 e. The van der Waals surface area contributed by atoms with Crippen LogP contribution in [-0.2, 0) is 0 Å². The average Bonchev–Trinajstić information content (AvgIpc) is 2.09. The summed E-state index contributed by atoms with van der Waals surface area (Å²) >= 11 is 3.61. The van der Waals surface area contributed by atoms with Crippen LogP contribution < -0.4 is 0 Å². The highest BCUT2D eigenvalue weighted by atomic mass is 79.9. The number of rotatable bonds is 8. The monoisotopic (exact) mass is 248 g/mol. The maximum absolute atomic E-state index is 3.61. The van der Waals surface area contributed by atoms with Crippen LogP contribution in [0.2, 0.25) is 0 Å². The lowest BCUT2D eigenvalue weighted by atomic mass is 9.93. The average molecular weight is 249 g/mol. The van der Waals surface area contributed by atoms with E-state index >= 15 is 0 Å². The molecule has 1 atom stereocenters. The minimum Gasteiger partial charge on any atom is -0.0925 e. The van der Waals surface area contributed by atoms with Crippen molar-refractivity contribution in [2.45, 2.75) is 59.3 Å². The maximum atomic E-state index is 3.61. The summed E-state index contributed by atoms with van der Waals surface area (Å²) in [7, 11) is 0. The Bertz CT molecular complexity index is 99.3. The third kappa shape index (κ3) is 8.80. The zero-order valence-corrected chi connectivity index (χ0v) is 11.1. The molecule has 0 radical (unpaired) electrons. The van der Waals surface area contributed by atoms with Crippen LogP contribution in [0.1, 0.15) is 59.3 Å². The molecular weight excluding hydrogens is 224 g/mol. The molecular formula is C12H25Br. The van der Waals surface area contributed by atoms with Gasteiger partial charge in [-0.15, -0.1) is 0 Å². The summed E-state index contributed by atoms with van der Waals surface area (Å²) in [5, 5.41) is 1.19. The Morgan fingerprint density at radius 3 is 2.23 bits per heavy atom. The van der Waals surface area contributed by atoms with Crippen LogP contribution in [0.4, 0.5) is 0 Å². The van der Waals surface area contributed by atoms with Gasteiger partial charge in [0.2, 0.25) is 0 Å². The Labute approximate surface area is 92.6 Å². The molecule has 0 N–H and O–H groups in total. The normalized spacial score (nSPS) is 13.6. The molecule has 0 bridgehead atoms. The molecule has 0 aromatic carbocycles. The molecule has 0 rings (SSSR count). The summed E-state index contributed by atoms with van der Waals surface area (Å²) < 4.78 is 0. The van der Waals surface area contributed by atoms with Crippen molar-refractivity contribution in [3.8, 4) is 0 Å². The van der Waals surface area contributed by atoms with Crippen LogP contribution in [0.15, 0.2) is 0 Å². The van der Waals surface area contributed by atoms with Gasteiger partial charge >= 0.3 is 0 Å². The zero-order chi connectivity index (χ0) is 10.1. The number of hydrogen-bond donors (Lipinski definition) is 0. The Morgan fingerprint density at radius 1 is 1.08 bits per heavy atom. The summed E-state index contributed by atoms with van der Waals surface area (Å²) in [4.78, 5) is 0. The first-order valence-corrected chi connectivity index (χ1v) is 6.88. The Balaban J connectivity index is 3.36. The van der Waals surface area contributed by atoms with E-state index in [1.165, 1.54) is 43.9 Å². The fraction of sp³-hybridized carbons (Fsp3) is 1.00. The fourth-order valence-electron chi connectivity index (χ4n) is 1.78. The topological polar surface area (TPSA) is 0 Å². The number of alkyl halides is 1. The van der Waals surface area contributed by atoms with E-state index in [2.05, 4.69) is 36.7 Å². The van der Waals surface area contributed by atoms with Crippen molar-refractivity contribution in [1.82, 2.24) is 0 Å². The van der Waals surface area contributed by atoms with Gasteiger partial charge in [0, 0.05) is 5.33 Å². The van der Waals surface area contributed by atoms with Gasteiger partial charge in [-0.1, -0.05) is 62.4 Å². The summed E-state index contributed by atoms with van der Waals surface area (Å²) in [5.74, 6) is 1.77. The van der Waals surface area contributed by atoms with Crippen LogP contribution in [0.5, 0.6) is 0 Å². The van der Waals surface area contributed by atoms with E-state index < -0.39 is 0 Å². The first-order valence-electron chi connectivity index (χ1n) is 5.76. The second-order valence-corrected chi connectivity index (χ2v) is 5.15. The number of halogens is 1. The highest BCUT2D eigenvalue weighted by Crippen LogP contribution is 2.20. The number of unbranched alkanes of at least 4 members (excludes halogenated alkanes) is 3. The molecule has 0 aliphatic heterocycles. The van der Waals surface area contributed by atoms with E-state index in [1.807, 2.05) is 0 Å². The second kappa shape index (κ2) is 9.05. The molecule has 0 amide bonds. The van der Waals surface area contributed by atoms with Gasteiger partial charge in [-0.2, -0.15) is 0 Å². The first kappa shape index (κ1) is 13.5. The molecule has 0 nitrogen and oxygen atoms in total. The summed E-state index contributed by atoms with van der Waals surface area (Å²) in [6, 6.07) is 0. The van der Waals surface area contributed by atoms with E-state index in [4.69, 9.17) is 0 Å². The summed E-state index contributed by atoms with van der Waals surface area (Å²) in [5.41, 5.74) is 0. The fourth-order valence-corrected chi connectivity index (χ4v) is 2.37. The smallest absolute Gasteiger partial charge is 0.00597 e. The molecule has 0 fully saturated rings. The van der Waals surface area contributed by atoms with E-state index in [-0.39, 0.29) is 0 Å². The minimum atomic E-state index is 0.855. The van der Waals surface area contributed by atoms with Gasteiger partial charge in [-0.25, -0.2) is 0 Å². The minimum absolute atomic E-state index is 0.855. The molecule has 0 spiro atoms. The Kier molecular flexibility index (Phi) is 9.39. The standard InChI is InChI=1S/C12H25Br/c1-4-5-6-7-8-12(10-13)9-11(2)3/h11-12H,4-10H2,1-3H3. The van der Waals surface area contributed by atoms with E-state index in [0.717, 1.165) is 11.8 Å². The van der Waals surface area contributed by atoms with Crippen molar-refractivity contribution >= 4 is 15.9 Å². The molecule has 0 aliphatic rings. The van der Waals surface area contributed by atoms with Crippen molar-refractivity contribution in [2.24, 2.45) is 11.8 Å². The van der Waals surface area contributed by atoms with Crippen molar-refractivity contribution in [3.63, 3.8) is 0 Å². The molecule has 0 heterocycles. The van der Waals surface area contributed by atoms with Crippen LogP contribution in [0.25, 0.3) is 0 Å². The first-order chi connectivity index (χ1) is 6.20. The van der Waals surface area contributed by atoms with E-state index in [1.54, 1.807) is 0 Å². The highest BCUT2D eigenvalue weighted by Gasteiger charge is 2.08. The van der Waals surface area contributed by atoms with Crippen molar-refractivity contribution < 1.29 is 0 Å². The third-order valence-corrected chi connectivity index (χ3v) is 3.40. The molecule has 1 unspecified atom stereocenters. The van der Waals surface area contributed by atoms with Gasteiger partial charge in [0.1, 0.15) is 0 Å². The predicted molar refractivity (Wildman–Crippen MR) is 65.5 cm³/mol. The molecule has 13 heavy (non-hydrogen) atoms. The van der Waals surface area contributed by atoms with Gasteiger partial charge in [0.05, 0.1) is 0 Å². The van der Waals surface area contributed by atoms with Crippen LogP contribution in [0, 0.1) is 11.8 Å². The van der Waals surface area contributed by atoms with Gasteiger partial charge in [0.25, 0.3) is 0 Å². The number of hydrogen-bond acceptors (Lipinski definition) is 0. The largest absolute Gasteiger partial charge is 0.0925 e. The molecule has 0 saturated heterocycles. The van der Waals surface area contributed by atoms with Crippen molar-refractivity contribution in [2.75, 3.05) is 5.33 Å². The summed E-state index contributed by atoms with van der Waals surface area (Å²) in [6.45, 7) is 6.92. The van der Waals surface area contributed by atoms with Crippen LogP contribution in [0.3, 0.4) is 0 Å². The lowest BCUT2D eigenvalue weighted by Crippen LogP contribution is -2.05. The predicted octanol–water partition coefficient (Wildman–Crippen LogP) is 5.01. The van der Waals surface area contributed by atoms with Gasteiger partial charge in [-0.05, 0) is 24.7 Å². The highest BCUT2D eigenvalue weighted by molar-refractivity contribution is 9.09. The van der Waals surface area contributed by atoms with Crippen molar-refractivity contribution in [1.29, 1.82) is 0 Å². The summed E-state index contributed by atoms with van der Waals surface area (Å²) in [6.07, 6.45) is 8.43. The van der Waals surface area contributed by atoms with E-state index in [0.29, 0.717) is 0 Å². The molecule has 1 heteroatoms. The molecule has 0 aliphatic carbocycles.